The van der Waals surface area contributed by atoms with Crippen LogP contribution in [0.1, 0.15) is 35.7 Å². The average molecular weight is 254 g/mol. The molecule has 0 aliphatic heterocycles. The predicted molar refractivity (Wildman–Crippen MR) is 67.8 cm³/mol. The number of amides is 1. The predicted octanol–water partition coefficient (Wildman–Crippen LogP) is 2.94. The fourth-order valence-corrected chi connectivity index (χ4v) is 1.87. The number of ether oxygens (including phenoxy) is 1. The number of hydrogen-bond donors (Lipinski definition) is 1. The third-order valence-corrected chi connectivity index (χ3v) is 3.03. The summed E-state index contributed by atoms with van der Waals surface area (Å²) in [4.78, 5) is 11.9. The van der Waals surface area contributed by atoms with Crippen LogP contribution >= 0.6 is 11.6 Å². The Morgan fingerprint density at radius 1 is 1.53 bits per heavy atom. The summed E-state index contributed by atoms with van der Waals surface area (Å²) >= 11 is 6.07. The molecule has 0 spiro atoms. The van der Waals surface area contributed by atoms with E-state index in [2.05, 4.69) is 5.32 Å². The Bertz CT molecular complexity index is 441. The first-order chi connectivity index (χ1) is 8.11. The second kappa shape index (κ2) is 4.96. The Kier molecular flexibility index (Phi) is 3.57. The normalized spacial score (nSPS) is 14.5. The van der Waals surface area contributed by atoms with Gasteiger partial charge in [0.25, 0.3) is 5.91 Å². The van der Waals surface area contributed by atoms with Gasteiger partial charge in [0.15, 0.2) is 0 Å². The summed E-state index contributed by atoms with van der Waals surface area (Å²) in [7, 11) is 0. The molecule has 92 valence electrons. The maximum absolute atomic E-state index is 11.9. The highest BCUT2D eigenvalue weighted by Gasteiger charge is 2.24. The Balaban J connectivity index is 2.21. The fourth-order valence-electron chi connectivity index (χ4n) is 1.66. The molecule has 0 heterocycles. The van der Waals surface area contributed by atoms with Gasteiger partial charge in [-0.1, -0.05) is 11.6 Å². The molecular formula is C13H16ClNO2. The van der Waals surface area contributed by atoms with Gasteiger partial charge in [-0.25, -0.2) is 0 Å². The number of hydrogen-bond acceptors (Lipinski definition) is 2. The summed E-state index contributed by atoms with van der Waals surface area (Å²) in [5.74, 6) is 0.588. The van der Waals surface area contributed by atoms with Crippen molar-refractivity contribution in [3.8, 4) is 5.75 Å². The molecule has 1 amide bonds. The number of rotatable bonds is 4. The van der Waals surface area contributed by atoms with Gasteiger partial charge in [0, 0.05) is 11.6 Å². The summed E-state index contributed by atoms with van der Waals surface area (Å²) < 4.78 is 5.38. The smallest absolute Gasteiger partial charge is 0.251 e. The van der Waals surface area contributed by atoms with Crippen molar-refractivity contribution in [3.63, 3.8) is 0 Å². The van der Waals surface area contributed by atoms with E-state index < -0.39 is 0 Å². The van der Waals surface area contributed by atoms with Gasteiger partial charge >= 0.3 is 0 Å². The molecule has 0 aromatic heterocycles. The molecule has 0 saturated heterocycles. The van der Waals surface area contributed by atoms with Crippen molar-refractivity contribution in [1.82, 2.24) is 5.32 Å². The zero-order valence-corrected chi connectivity index (χ0v) is 10.8. The molecule has 0 atom stereocenters. The van der Waals surface area contributed by atoms with Crippen molar-refractivity contribution in [3.05, 3.63) is 28.3 Å². The van der Waals surface area contributed by atoms with Crippen LogP contribution in [-0.2, 0) is 0 Å². The number of aryl methyl sites for hydroxylation is 1. The molecule has 1 aliphatic carbocycles. The Labute approximate surface area is 106 Å². The van der Waals surface area contributed by atoms with E-state index >= 15 is 0 Å². The highest BCUT2D eigenvalue weighted by atomic mass is 35.5. The van der Waals surface area contributed by atoms with E-state index in [1.165, 1.54) is 0 Å². The molecule has 0 radical (unpaired) electrons. The van der Waals surface area contributed by atoms with Crippen molar-refractivity contribution in [2.24, 2.45) is 0 Å². The SMILES string of the molecule is CCOc1cc(C)c(C(=O)NC2CC2)cc1Cl. The number of carbonyl (C=O) groups excluding carboxylic acids is 1. The summed E-state index contributed by atoms with van der Waals surface area (Å²) in [5.41, 5.74) is 1.52. The zero-order chi connectivity index (χ0) is 12.4. The number of benzene rings is 1. The van der Waals surface area contributed by atoms with Crippen molar-refractivity contribution in [2.75, 3.05) is 6.61 Å². The zero-order valence-electron chi connectivity index (χ0n) is 10.0. The average Bonchev–Trinajstić information content (AvgIpc) is 3.07. The highest BCUT2D eigenvalue weighted by molar-refractivity contribution is 6.32. The molecule has 0 bridgehead atoms. The first-order valence-corrected chi connectivity index (χ1v) is 6.23. The third kappa shape index (κ3) is 2.91. The van der Waals surface area contributed by atoms with Gasteiger partial charge < -0.3 is 10.1 Å². The molecular weight excluding hydrogens is 238 g/mol. The van der Waals surface area contributed by atoms with Gasteiger partial charge in [-0.3, -0.25) is 4.79 Å². The first-order valence-electron chi connectivity index (χ1n) is 5.85. The van der Waals surface area contributed by atoms with Crippen molar-refractivity contribution in [2.45, 2.75) is 32.7 Å². The van der Waals surface area contributed by atoms with Crippen LogP contribution in [0.25, 0.3) is 0 Å². The molecule has 2 rings (SSSR count). The van der Waals surface area contributed by atoms with Gasteiger partial charge in [-0.2, -0.15) is 0 Å². The molecule has 1 fully saturated rings. The van der Waals surface area contributed by atoms with E-state index in [1.807, 2.05) is 19.9 Å². The number of halogens is 1. The minimum absolute atomic E-state index is 0.0463. The second-order valence-electron chi connectivity index (χ2n) is 4.28. The standard InChI is InChI=1S/C13H16ClNO2/c1-3-17-12-6-8(2)10(7-11(12)14)13(16)15-9-4-5-9/h6-7,9H,3-5H2,1-2H3,(H,15,16). The van der Waals surface area contributed by atoms with Crippen LogP contribution in [0, 0.1) is 6.92 Å². The first kappa shape index (κ1) is 12.2. The van der Waals surface area contributed by atoms with E-state index in [9.17, 15) is 4.79 Å². The number of carbonyl (C=O) groups is 1. The van der Waals surface area contributed by atoms with Gasteiger partial charge in [0.05, 0.1) is 11.6 Å². The molecule has 1 N–H and O–H groups in total. The van der Waals surface area contributed by atoms with Crippen molar-refractivity contribution in [1.29, 1.82) is 0 Å². The van der Waals surface area contributed by atoms with Gasteiger partial charge in [-0.15, -0.1) is 0 Å². The molecule has 4 heteroatoms. The minimum atomic E-state index is -0.0463. The van der Waals surface area contributed by atoms with Gasteiger partial charge in [0.2, 0.25) is 0 Å². The fraction of sp³-hybridized carbons (Fsp3) is 0.462. The molecule has 0 unspecified atom stereocenters. The third-order valence-electron chi connectivity index (χ3n) is 2.74. The summed E-state index contributed by atoms with van der Waals surface area (Å²) in [6.07, 6.45) is 2.16. The molecule has 1 aromatic carbocycles. The second-order valence-corrected chi connectivity index (χ2v) is 4.69. The molecule has 17 heavy (non-hydrogen) atoms. The molecule has 1 aromatic rings. The Morgan fingerprint density at radius 2 is 2.24 bits per heavy atom. The van der Waals surface area contributed by atoms with Crippen LogP contribution < -0.4 is 10.1 Å². The van der Waals surface area contributed by atoms with E-state index in [4.69, 9.17) is 16.3 Å². The van der Waals surface area contributed by atoms with Crippen LogP contribution in [0.4, 0.5) is 0 Å². The number of nitrogens with one attached hydrogen (secondary N) is 1. The maximum atomic E-state index is 11.9. The lowest BCUT2D eigenvalue weighted by molar-refractivity contribution is 0.0950. The lowest BCUT2D eigenvalue weighted by Gasteiger charge is -2.11. The monoisotopic (exact) mass is 253 g/mol. The lowest BCUT2D eigenvalue weighted by atomic mass is 10.1. The van der Waals surface area contributed by atoms with E-state index in [0.717, 1.165) is 18.4 Å². The Morgan fingerprint density at radius 3 is 2.82 bits per heavy atom. The summed E-state index contributed by atoms with van der Waals surface area (Å²) in [6.45, 7) is 4.35. The summed E-state index contributed by atoms with van der Waals surface area (Å²) in [6, 6.07) is 3.85. The molecule has 1 aliphatic rings. The van der Waals surface area contributed by atoms with E-state index in [0.29, 0.717) is 29.0 Å². The van der Waals surface area contributed by atoms with Crippen LogP contribution in [0.15, 0.2) is 12.1 Å². The van der Waals surface area contributed by atoms with Crippen LogP contribution in [-0.4, -0.2) is 18.6 Å². The highest BCUT2D eigenvalue weighted by Crippen LogP contribution is 2.29. The van der Waals surface area contributed by atoms with E-state index in [-0.39, 0.29) is 5.91 Å². The Hall–Kier alpha value is -1.22. The van der Waals surface area contributed by atoms with Crippen LogP contribution in [0.5, 0.6) is 5.75 Å². The molecule has 3 nitrogen and oxygen atoms in total. The largest absolute Gasteiger partial charge is 0.492 e. The van der Waals surface area contributed by atoms with E-state index in [1.54, 1.807) is 6.07 Å². The lowest BCUT2D eigenvalue weighted by Crippen LogP contribution is -2.26. The quantitative estimate of drug-likeness (QED) is 0.896. The van der Waals surface area contributed by atoms with Gasteiger partial charge in [-0.05, 0) is 44.4 Å². The van der Waals surface area contributed by atoms with Crippen molar-refractivity contribution < 1.29 is 9.53 Å². The maximum Gasteiger partial charge on any atom is 0.251 e. The molecule has 1 saturated carbocycles. The van der Waals surface area contributed by atoms with Crippen molar-refractivity contribution >= 4 is 17.5 Å². The van der Waals surface area contributed by atoms with Crippen LogP contribution in [0.2, 0.25) is 5.02 Å². The van der Waals surface area contributed by atoms with Gasteiger partial charge in [0.1, 0.15) is 5.75 Å². The minimum Gasteiger partial charge on any atom is -0.492 e. The topological polar surface area (TPSA) is 38.3 Å². The summed E-state index contributed by atoms with van der Waals surface area (Å²) in [5, 5.41) is 3.44. The van der Waals surface area contributed by atoms with Crippen LogP contribution in [0.3, 0.4) is 0 Å².